The van der Waals surface area contributed by atoms with E-state index in [0.29, 0.717) is 43.3 Å². The van der Waals surface area contributed by atoms with Crippen molar-refractivity contribution in [2.45, 2.75) is 19.9 Å². The fraction of sp³-hybridized carbons (Fsp3) is 0.440. The molecule has 0 saturated carbocycles. The summed E-state index contributed by atoms with van der Waals surface area (Å²) in [6, 6.07) is 17.9. The smallest absolute Gasteiger partial charge is 0.253 e. The van der Waals surface area contributed by atoms with Gasteiger partial charge >= 0.3 is 0 Å². The minimum Gasteiger partial charge on any atom is -0.369 e. The van der Waals surface area contributed by atoms with Crippen LogP contribution in [0.2, 0.25) is 0 Å². The third-order valence-electron chi connectivity index (χ3n) is 6.40. The van der Waals surface area contributed by atoms with Gasteiger partial charge < -0.3 is 14.7 Å². The lowest BCUT2D eigenvalue weighted by atomic mass is 10.1. The van der Waals surface area contributed by atoms with Gasteiger partial charge in [0.2, 0.25) is 0 Å². The predicted molar refractivity (Wildman–Crippen MR) is 124 cm³/mol. The number of piperazine rings is 2. The number of benzene rings is 2. The Morgan fingerprint density at radius 3 is 1.61 bits per heavy atom. The normalized spacial score (nSPS) is 17.8. The summed E-state index contributed by atoms with van der Waals surface area (Å²) in [4.78, 5) is 34.1. The van der Waals surface area contributed by atoms with Crippen molar-refractivity contribution >= 4 is 17.5 Å². The Labute approximate surface area is 185 Å². The molecule has 31 heavy (non-hydrogen) atoms. The number of hydrogen-bond donors (Lipinski definition) is 0. The quantitative estimate of drug-likeness (QED) is 0.763. The lowest BCUT2D eigenvalue weighted by Gasteiger charge is -2.38. The van der Waals surface area contributed by atoms with Crippen molar-refractivity contribution in [3.63, 3.8) is 0 Å². The molecule has 0 unspecified atom stereocenters. The van der Waals surface area contributed by atoms with Crippen molar-refractivity contribution in [2.24, 2.45) is 0 Å². The summed E-state index contributed by atoms with van der Waals surface area (Å²) in [7, 11) is 0. The van der Waals surface area contributed by atoms with Crippen molar-refractivity contribution in [3.05, 3.63) is 65.7 Å². The van der Waals surface area contributed by atoms with Gasteiger partial charge in [0.25, 0.3) is 11.8 Å². The minimum absolute atomic E-state index is 0.0367. The van der Waals surface area contributed by atoms with Gasteiger partial charge in [0.1, 0.15) is 0 Å². The van der Waals surface area contributed by atoms with Crippen molar-refractivity contribution in [2.75, 3.05) is 57.3 Å². The molecule has 0 bridgehead atoms. The number of carbonyl (C=O) groups excluding carboxylic acids is 2. The van der Waals surface area contributed by atoms with Gasteiger partial charge in [-0.2, -0.15) is 0 Å². The number of amides is 2. The molecule has 2 aromatic rings. The van der Waals surface area contributed by atoms with Crippen LogP contribution in [-0.4, -0.2) is 84.9 Å². The van der Waals surface area contributed by atoms with Gasteiger partial charge in [-0.05, 0) is 50.2 Å². The van der Waals surface area contributed by atoms with Crippen molar-refractivity contribution in [1.82, 2.24) is 14.7 Å². The SMILES string of the molecule is CC(C)N1CCN(c2ccc(C(=O)N3CCN(C(=O)c4ccccc4)CC3)cc2)CC1. The third-order valence-corrected chi connectivity index (χ3v) is 6.40. The van der Waals surface area contributed by atoms with Gasteiger partial charge in [-0.3, -0.25) is 14.5 Å². The van der Waals surface area contributed by atoms with Crippen molar-refractivity contribution < 1.29 is 9.59 Å². The lowest BCUT2D eigenvalue weighted by Crippen LogP contribution is -2.50. The number of nitrogens with zero attached hydrogens (tertiary/aromatic N) is 4. The Morgan fingerprint density at radius 1 is 0.645 bits per heavy atom. The lowest BCUT2D eigenvalue weighted by molar-refractivity contribution is 0.0535. The van der Waals surface area contributed by atoms with Crippen LogP contribution in [-0.2, 0) is 0 Å². The first-order chi connectivity index (χ1) is 15.0. The maximum Gasteiger partial charge on any atom is 0.253 e. The van der Waals surface area contributed by atoms with Gasteiger partial charge in [-0.1, -0.05) is 18.2 Å². The van der Waals surface area contributed by atoms with Crippen LogP contribution in [0.5, 0.6) is 0 Å². The fourth-order valence-corrected chi connectivity index (χ4v) is 4.37. The first-order valence-corrected chi connectivity index (χ1v) is 11.3. The molecule has 2 fully saturated rings. The predicted octanol–water partition coefficient (Wildman–Crippen LogP) is 2.82. The molecule has 0 N–H and O–H groups in total. The molecule has 4 rings (SSSR count). The highest BCUT2D eigenvalue weighted by Gasteiger charge is 2.26. The molecule has 2 aliphatic heterocycles. The van der Waals surface area contributed by atoms with Crippen LogP contribution in [0.25, 0.3) is 0 Å². The zero-order valence-corrected chi connectivity index (χ0v) is 18.5. The van der Waals surface area contributed by atoms with E-state index in [4.69, 9.17) is 0 Å². The molecule has 0 radical (unpaired) electrons. The monoisotopic (exact) mass is 420 g/mol. The van der Waals surface area contributed by atoms with Gasteiger partial charge in [0.15, 0.2) is 0 Å². The summed E-state index contributed by atoms with van der Waals surface area (Å²) in [5.74, 6) is 0.0811. The molecular weight excluding hydrogens is 388 g/mol. The average Bonchev–Trinajstić information content (AvgIpc) is 2.84. The van der Waals surface area contributed by atoms with Crippen LogP contribution in [0.4, 0.5) is 5.69 Å². The highest BCUT2D eigenvalue weighted by Crippen LogP contribution is 2.19. The van der Waals surface area contributed by atoms with Crippen LogP contribution >= 0.6 is 0 Å². The molecule has 2 saturated heterocycles. The van der Waals surface area contributed by atoms with Gasteiger partial charge in [-0.25, -0.2) is 0 Å². The largest absolute Gasteiger partial charge is 0.369 e. The molecule has 0 spiro atoms. The van der Waals surface area contributed by atoms with E-state index in [2.05, 4.69) is 35.8 Å². The van der Waals surface area contributed by atoms with E-state index in [0.717, 1.165) is 26.2 Å². The molecule has 2 heterocycles. The van der Waals surface area contributed by atoms with E-state index in [9.17, 15) is 9.59 Å². The zero-order valence-electron chi connectivity index (χ0n) is 18.5. The summed E-state index contributed by atoms with van der Waals surface area (Å²) in [6.45, 7) is 10.9. The molecule has 0 aromatic heterocycles. The number of rotatable bonds is 4. The van der Waals surface area contributed by atoms with Crippen molar-refractivity contribution in [1.29, 1.82) is 0 Å². The number of anilines is 1. The molecule has 2 aliphatic rings. The number of carbonyl (C=O) groups is 2. The Bertz CT molecular complexity index is 881. The van der Waals surface area contributed by atoms with Crippen molar-refractivity contribution in [3.8, 4) is 0 Å². The highest BCUT2D eigenvalue weighted by molar-refractivity contribution is 5.96. The average molecular weight is 421 g/mol. The van der Waals surface area contributed by atoms with Crippen LogP contribution in [0.3, 0.4) is 0 Å². The number of hydrogen-bond acceptors (Lipinski definition) is 4. The minimum atomic E-state index is 0.0367. The summed E-state index contributed by atoms with van der Waals surface area (Å²) in [6.07, 6.45) is 0. The summed E-state index contributed by atoms with van der Waals surface area (Å²) in [5, 5.41) is 0. The fourth-order valence-electron chi connectivity index (χ4n) is 4.37. The third kappa shape index (κ3) is 4.90. The second kappa shape index (κ2) is 9.52. The second-order valence-corrected chi connectivity index (χ2v) is 8.61. The van der Waals surface area contributed by atoms with Crippen LogP contribution in [0.1, 0.15) is 34.6 Å². The van der Waals surface area contributed by atoms with Crippen LogP contribution in [0, 0.1) is 0 Å². The van der Waals surface area contributed by atoms with Crippen LogP contribution < -0.4 is 4.90 Å². The zero-order chi connectivity index (χ0) is 21.8. The van der Waals surface area contributed by atoms with Gasteiger partial charge in [0.05, 0.1) is 0 Å². The van der Waals surface area contributed by atoms with Gasteiger partial charge in [-0.15, -0.1) is 0 Å². The summed E-state index contributed by atoms with van der Waals surface area (Å²) < 4.78 is 0. The Balaban J connectivity index is 1.31. The molecule has 0 aliphatic carbocycles. The van der Waals surface area contributed by atoms with E-state index in [-0.39, 0.29) is 11.8 Å². The van der Waals surface area contributed by atoms with Gasteiger partial charge in [0, 0.05) is 75.2 Å². The molecule has 6 heteroatoms. The Kier molecular flexibility index (Phi) is 6.56. The maximum absolute atomic E-state index is 13.0. The molecule has 0 atom stereocenters. The van der Waals surface area contributed by atoms with E-state index in [1.807, 2.05) is 52.3 Å². The molecular formula is C25H32N4O2. The topological polar surface area (TPSA) is 47.1 Å². The molecule has 2 aromatic carbocycles. The standard InChI is InChI=1S/C25H32N4O2/c1-20(2)26-12-14-27(15-13-26)23-10-8-22(9-11-23)25(31)29-18-16-28(17-19-29)24(30)21-6-4-3-5-7-21/h3-11,20H,12-19H2,1-2H3. The van der Waals surface area contributed by atoms with E-state index >= 15 is 0 Å². The van der Waals surface area contributed by atoms with E-state index in [1.54, 1.807) is 0 Å². The molecule has 6 nitrogen and oxygen atoms in total. The first kappa shape index (κ1) is 21.4. The van der Waals surface area contributed by atoms with E-state index < -0.39 is 0 Å². The van der Waals surface area contributed by atoms with E-state index in [1.165, 1.54) is 5.69 Å². The molecule has 2 amide bonds. The Hall–Kier alpha value is -2.86. The summed E-state index contributed by atoms with van der Waals surface area (Å²) in [5.41, 5.74) is 2.60. The Morgan fingerprint density at radius 2 is 1.13 bits per heavy atom. The molecule has 164 valence electrons. The first-order valence-electron chi connectivity index (χ1n) is 11.3. The second-order valence-electron chi connectivity index (χ2n) is 8.61. The maximum atomic E-state index is 13.0. The van der Waals surface area contributed by atoms with Crippen LogP contribution in [0.15, 0.2) is 54.6 Å². The summed E-state index contributed by atoms with van der Waals surface area (Å²) >= 11 is 0. The highest BCUT2D eigenvalue weighted by atomic mass is 16.2.